The van der Waals surface area contributed by atoms with Gasteiger partial charge in [0, 0.05) is 39.3 Å². The first kappa shape index (κ1) is 17.7. The third-order valence-electron chi connectivity index (χ3n) is 6.74. The summed E-state index contributed by atoms with van der Waals surface area (Å²) >= 11 is 0. The molecular weight excluding hydrogens is 326 g/mol. The van der Waals surface area contributed by atoms with Gasteiger partial charge in [-0.15, -0.1) is 0 Å². The molecule has 0 bridgehead atoms. The molecular formula is C21H31N3O2. The lowest BCUT2D eigenvalue weighted by atomic mass is 9.78. The van der Waals surface area contributed by atoms with Gasteiger partial charge < -0.3 is 14.5 Å². The Bertz CT molecular complexity index is 656. The molecule has 0 radical (unpaired) electrons. The summed E-state index contributed by atoms with van der Waals surface area (Å²) in [6.45, 7) is 5.09. The largest absolute Gasteiger partial charge is 0.495 e. The molecule has 3 aliphatic heterocycles. The molecule has 1 spiro atoms. The normalized spacial score (nSPS) is 28.2. The number of ether oxygens (including phenoxy) is 1. The molecule has 3 fully saturated rings. The van der Waals surface area contributed by atoms with E-state index in [4.69, 9.17) is 4.74 Å². The monoisotopic (exact) mass is 357 g/mol. The van der Waals surface area contributed by atoms with Crippen molar-refractivity contribution in [3.63, 3.8) is 0 Å². The summed E-state index contributed by atoms with van der Waals surface area (Å²) in [4.78, 5) is 19.8. The molecule has 4 rings (SSSR count). The van der Waals surface area contributed by atoms with Gasteiger partial charge in [-0.25, -0.2) is 0 Å². The number of hydrogen-bond acceptors (Lipinski definition) is 4. The molecule has 1 amide bonds. The van der Waals surface area contributed by atoms with E-state index >= 15 is 0 Å². The summed E-state index contributed by atoms with van der Waals surface area (Å²) in [5.41, 5.74) is 1.11. The molecule has 3 aliphatic rings. The number of carbonyl (C=O) groups is 1. The highest BCUT2D eigenvalue weighted by molar-refractivity contribution is 5.84. The summed E-state index contributed by atoms with van der Waals surface area (Å²) in [5.74, 6) is 1.35. The zero-order valence-electron chi connectivity index (χ0n) is 16.1. The van der Waals surface area contributed by atoms with Crippen molar-refractivity contribution in [3.8, 4) is 5.75 Å². The Morgan fingerprint density at radius 1 is 1.08 bits per heavy atom. The SMILES string of the molecule is COc1ccccc1N1CCC(N2CC[C@]3(CCCN(C)C3=O)C2)CC1. The van der Waals surface area contributed by atoms with Gasteiger partial charge in [0.1, 0.15) is 5.75 Å². The van der Waals surface area contributed by atoms with Gasteiger partial charge in [-0.3, -0.25) is 9.69 Å². The number of methoxy groups -OCH3 is 1. The Morgan fingerprint density at radius 2 is 1.85 bits per heavy atom. The van der Waals surface area contributed by atoms with Crippen molar-refractivity contribution >= 4 is 11.6 Å². The molecule has 3 heterocycles. The van der Waals surface area contributed by atoms with Crippen LogP contribution in [0.25, 0.3) is 0 Å². The maximum absolute atomic E-state index is 12.8. The number of benzene rings is 1. The van der Waals surface area contributed by atoms with Crippen LogP contribution in [0, 0.1) is 5.41 Å². The van der Waals surface area contributed by atoms with E-state index in [2.05, 4.69) is 21.9 Å². The minimum atomic E-state index is -0.0905. The molecule has 5 heteroatoms. The van der Waals surface area contributed by atoms with Crippen LogP contribution >= 0.6 is 0 Å². The number of nitrogens with zero attached hydrogens (tertiary/aromatic N) is 3. The van der Waals surface area contributed by atoms with E-state index in [1.807, 2.05) is 24.1 Å². The fraction of sp³-hybridized carbons (Fsp3) is 0.667. The van der Waals surface area contributed by atoms with Crippen LogP contribution in [0.5, 0.6) is 5.75 Å². The van der Waals surface area contributed by atoms with Crippen LogP contribution < -0.4 is 9.64 Å². The number of amides is 1. The van der Waals surface area contributed by atoms with Crippen molar-refractivity contribution in [2.75, 3.05) is 51.8 Å². The highest BCUT2D eigenvalue weighted by atomic mass is 16.5. The lowest BCUT2D eigenvalue weighted by Gasteiger charge is -2.40. The number of rotatable bonds is 3. The van der Waals surface area contributed by atoms with E-state index in [0.29, 0.717) is 11.9 Å². The predicted molar refractivity (Wildman–Crippen MR) is 104 cm³/mol. The molecule has 0 unspecified atom stereocenters. The summed E-state index contributed by atoms with van der Waals surface area (Å²) in [6, 6.07) is 8.91. The highest BCUT2D eigenvalue weighted by Crippen LogP contribution is 2.41. The minimum absolute atomic E-state index is 0.0905. The van der Waals surface area contributed by atoms with E-state index in [1.165, 1.54) is 5.69 Å². The van der Waals surface area contributed by atoms with Crippen LogP contribution in [-0.2, 0) is 4.79 Å². The molecule has 5 nitrogen and oxygen atoms in total. The predicted octanol–water partition coefficient (Wildman–Crippen LogP) is 2.61. The quantitative estimate of drug-likeness (QED) is 0.833. The lowest BCUT2D eigenvalue weighted by Crippen LogP contribution is -2.50. The number of para-hydroxylation sites is 2. The smallest absolute Gasteiger partial charge is 0.229 e. The van der Waals surface area contributed by atoms with Gasteiger partial charge >= 0.3 is 0 Å². The Kier molecular flexibility index (Phi) is 4.82. The highest BCUT2D eigenvalue weighted by Gasteiger charge is 2.48. The molecule has 1 aromatic carbocycles. The summed E-state index contributed by atoms with van der Waals surface area (Å²) < 4.78 is 5.53. The van der Waals surface area contributed by atoms with Crippen LogP contribution in [0.15, 0.2) is 24.3 Å². The first-order valence-corrected chi connectivity index (χ1v) is 10.0. The molecule has 142 valence electrons. The maximum Gasteiger partial charge on any atom is 0.229 e. The van der Waals surface area contributed by atoms with Gasteiger partial charge in [0.2, 0.25) is 5.91 Å². The molecule has 1 atom stereocenters. The van der Waals surface area contributed by atoms with Crippen molar-refractivity contribution in [2.45, 2.75) is 38.1 Å². The van der Waals surface area contributed by atoms with Crippen LogP contribution in [0.3, 0.4) is 0 Å². The summed E-state index contributed by atoms with van der Waals surface area (Å²) in [7, 11) is 3.71. The second-order valence-corrected chi connectivity index (χ2v) is 8.22. The number of likely N-dealkylation sites (tertiary alicyclic amines) is 2. The van der Waals surface area contributed by atoms with E-state index in [1.54, 1.807) is 7.11 Å². The van der Waals surface area contributed by atoms with Crippen molar-refractivity contribution in [1.82, 2.24) is 9.80 Å². The van der Waals surface area contributed by atoms with Crippen molar-refractivity contribution < 1.29 is 9.53 Å². The van der Waals surface area contributed by atoms with Gasteiger partial charge in [-0.1, -0.05) is 12.1 Å². The molecule has 0 aliphatic carbocycles. The Balaban J connectivity index is 1.38. The summed E-state index contributed by atoms with van der Waals surface area (Å²) in [5, 5.41) is 0. The molecule has 3 saturated heterocycles. The van der Waals surface area contributed by atoms with Gasteiger partial charge in [0.15, 0.2) is 0 Å². The maximum atomic E-state index is 12.8. The number of anilines is 1. The van der Waals surface area contributed by atoms with Gasteiger partial charge in [0.05, 0.1) is 18.2 Å². The van der Waals surface area contributed by atoms with Gasteiger partial charge in [0.25, 0.3) is 0 Å². The Labute approximate surface area is 156 Å². The first-order valence-electron chi connectivity index (χ1n) is 10.0. The molecule has 0 aromatic heterocycles. The van der Waals surface area contributed by atoms with Crippen LogP contribution in [0.4, 0.5) is 5.69 Å². The number of hydrogen-bond donors (Lipinski definition) is 0. The average molecular weight is 357 g/mol. The average Bonchev–Trinajstić information content (AvgIpc) is 3.11. The third kappa shape index (κ3) is 3.07. The number of carbonyl (C=O) groups excluding carboxylic acids is 1. The van der Waals surface area contributed by atoms with E-state index in [-0.39, 0.29) is 5.41 Å². The topological polar surface area (TPSA) is 36.0 Å². The van der Waals surface area contributed by atoms with Crippen LogP contribution in [-0.4, -0.2) is 68.6 Å². The van der Waals surface area contributed by atoms with E-state index in [0.717, 1.165) is 70.6 Å². The lowest BCUT2D eigenvalue weighted by molar-refractivity contribution is -0.144. The zero-order chi connectivity index (χ0) is 18.1. The number of piperidine rings is 2. The molecule has 0 saturated carbocycles. The van der Waals surface area contributed by atoms with Gasteiger partial charge in [-0.2, -0.15) is 0 Å². The first-order chi connectivity index (χ1) is 12.6. The van der Waals surface area contributed by atoms with E-state index in [9.17, 15) is 4.79 Å². The molecule has 26 heavy (non-hydrogen) atoms. The standard InChI is InChI=1S/C21H31N3O2/c1-22-12-5-10-21(20(22)25)11-15-24(16-21)17-8-13-23(14-9-17)18-6-3-4-7-19(18)26-2/h3-4,6-7,17H,5,8-16H2,1-2H3/t21-/m1/s1. The molecule has 1 aromatic rings. The van der Waals surface area contributed by atoms with Crippen LogP contribution in [0.1, 0.15) is 32.1 Å². The fourth-order valence-electron chi connectivity index (χ4n) is 5.23. The van der Waals surface area contributed by atoms with Crippen LogP contribution in [0.2, 0.25) is 0 Å². The zero-order valence-corrected chi connectivity index (χ0v) is 16.1. The van der Waals surface area contributed by atoms with Crippen molar-refractivity contribution in [2.24, 2.45) is 5.41 Å². The van der Waals surface area contributed by atoms with Crippen molar-refractivity contribution in [1.29, 1.82) is 0 Å². The fourth-order valence-corrected chi connectivity index (χ4v) is 5.23. The van der Waals surface area contributed by atoms with E-state index < -0.39 is 0 Å². The van der Waals surface area contributed by atoms with Crippen molar-refractivity contribution in [3.05, 3.63) is 24.3 Å². The summed E-state index contributed by atoms with van der Waals surface area (Å²) in [6.07, 6.45) is 5.61. The molecule has 0 N–H and O–H groups in total. The second-order valence-electron chi connectivity index (χ2n) is 8.22. The second kappa shape index (κ2) is 7.10. The minimum Gasteiger partial charge on any atom is -0.495 e. The Hall–Kier alpha value is -1.75. The Morgan fingerprint density at radius 3 is 2.62 bits per heavy atom. The van der Waals surface area contributed by atoms with Gasteiger partial charge in [-0.05, 0) is 50.8 Å². The third-order valence-corrected chi connectivity index (χ3v) is 6.74.